The molecular weight excluding hydrogens is 454 g/mol. The second kappa shape index (κ2) is 9.52. The average Bonchev–Trinajstić information content (AvgIpc) is 2.87. The standard InChI is InChI=1S/C26H23NO6S/c1-3-17-27-23(24(28)18-11-5-4-6-12-18)25(20-14-8-10-16-22(20)34(27,30)31)33-26(29)19-13-7-9-15-21(19)32-2/h4-16H,3,17H2,1-2H3. The van der Waals surface area contributed by atoms with E-state index in [0.717, 1.165) is 4.31 Å². The maximum atomic E-state index is 13.7. The Morgan fingerprint density at radius 1 is 0.882 bits per heavy atom. The molecule has 0 fully saturated rings. The zero-order valence-electron chi connectivity index (χ0n) is 18.7. The minimum atomic E-state index is -4.05. The van der Waals surface area contributed by atoms with Gasteiger partial charge in [0.05, 0.1) is 12.0 Å². The number of rotatable bonds is 7. The van der Waals surface area contributed by atoms with Crippen molar-refractivity contribution in [3.8, 4) is 5.75 Å². The van der Waals surface area contributed by atoms with Crippen LogP contribution in [0, 0.1) is 0 Å². The molecule has 8 heteroatoms. The van der Waals surface area contributed by atoms with E-state index in [1.165, 1.54) is 25.3 Å². The summed E-state index contributed by atoms with van der Waals surface area (Å²) in [5.74, 6) is -1.14. The summed E-state index contributed by atoms with van der Waals surface area (Å²) in [5, 5.41) is 0. The highest BCUT2D eigenvalue weighted by Crippen LogP contribution is 2.39. The number of esters is 1. The fourth-order valence-electron chi connectivity index (χ4n) is 3.80. The first kappa shape index (κ1) is 23.3. The molecule has 0 bridgehead atoms. The van der Waals surface area contributed by atoms with Crippen LogP contribution in [0.5, 0.6) is 5.75 Å². The Morgan fingerprint density at radius 2 is 1.53 bits per heavy atom. The first-order valence-corrected chi connectivity index (χ1v) is 12.2. The summed E-state index contributed by atoms with van der Waals surface area (Å²) in [6, 6.07) is 21.0. The summed E-state index contributed by atoms with van der Waals surface area (Å²) < 4.78 is 39.2. The smallest absolute Gasteiger partial charge is 0.347 e. The van der Waals surface area contributed by atoms with Gasteiger partial charge in [0.25, 0.3) is 10.0 Å². The fourth-order valence-corrected chi connectivity index (χ4v) is 5.56. The number of Topliss-reactive ketones (excluding diaryl/α,β-unsaturated/α-hetero) is 1. The number of sulfonamides is 1. The molecule has 1 aliphatic rings. The Labute approximate surface area is 198 Å². The molecule has 0 unspecified atom stereocenters. The van der Waals surface area contributed by atoms with Crippen LogP contribution in [0.2, 0.25) is 0 Å². The Bertz CT molecular complexity index is 1380. The zero-order valence-corrected chi connectivity index (χ0v) is 19.5. The van der Waals surface area contributed by atoms with Gasteiger partial charge in [0.1, 0.15) is 17.0 Å². The van der Waals surface area contributed by atoms with Crippen LogP contribution in [0.4, 0.5) is 0 Å². The molecule has 3 aromatic rings. The molecule has 0 aliphatic carbocycles. The van der Waals surface area contributed by atoms with Crippen LogP contribution >= 0.6 is 0 Å². The largest absolute Gasteiger partial charge is 0.496 e. The first-order chi connectivity index (χ1) is 16.4. The van der Waals surface area contributed by atoms with Gasteiger partial charge < -0.3 is 9.47 Å². The van der Waals surface area contributed by atoms with Crippen molar-refractivity contribution in [1.82, 2.24) is 4.31 Å². The van der Waals surface area contributed by atoms with Crippen LogP contribution in [0.25, 0.3) is 5.76 Å². The van der Waals surface area contributed by atoms with Crippen molar-refractivity contribution in [2.45, 2.75) is 18.2 Å². The molecule has 0 saturated heterocycles. The highest BCUT2D eigenvalue weighted by Gasteiger charge is 2.41. The fraction of sp³-hybridized carbons (Fsp3) is 0.154. The van der Waals surface area contributed by atoms with Gasteiger partial charge >= 0.3 is 5.97 Å². The van der Waals surface area contributed by atoms with E-state index in [2.05, 4.69) is 0 Å². The molecule has 3 aromatic carbocycles. The molecule has 0 N–H and O–H groups in total. The normalized spacial score (nSPS) is 14.4. The molecular formula is C26H23NO6S. The lowest BCUT2D eigenvalue weighted by atomic mass is 10.0. The maximum absolute atomic E-state index is 13.7. The van der Waals surface area contributed by atoms with E-state index >= 15 is 0 Å². The van der Waals surface area contributed by atoms with Gasteiger partial charge in [0, 0.05) is 17.7 Å². The number of methoxy groups -OCH3 is 1. The average molecular weight is 478 g/mol. The molecule has 1 aliphatic heterocycles. The molecule has 1 heterocycles. The Kier molecular flexibility index (Phi) is 6.51. The van der Waals surface area contributed by atoms with E-state index in [1.807, 2.05) is 0 Å². The van der Waals surface area contributed by atoms with E-state index in [9.17, 15) is 18.0 Å². The third-order valence-corrected chi connectivity index (χ3v) is 7.22. The predicted octanol–water partition coefficient (Wildman–Crippen LogP) is 4.52. The summed E-state index contributed by atoms with van der Waals surface area (Å²) in [6.45, 7) is 1.85. The van der Waals surface area contributed by atoms with Crippen LogP contribution in [-0.4, -0.2) is 38.1 Å². The van der Waals surface area contributed by atoms with Crippen molar-refractivity contribution in [2.24, 2.45) is 0 Å². The molecule has 0 aromatic heterocycles. The zero-order chi connectivity index (χ0) is 24.3. The minimum absolute atomic E-state index is 0.0316. The lowest BCUT2D eigenvalue weighted by molar-refractivity contribution is 0.0682. The molecule has 0 spiro atoms. The van der Waals surface area contributed by atoms with Gasteiger partial charge in [-0.1, -0.05) is 61.5 Å². The highest BCUT2D eigenvalue weighted by atomic mass is 32.2. The molecule has 34 heavy (non-hydrogen) atoms. The van der Waals surface area contributed by atoms with Gasteiger partial charge in [-0.05, 0) is 30.7 Å². The van der Waals surface area contributed by atoms with Gasteiger partial charge in [0.2, 0.25) is 5.78 Å². The van der Waals surface area contributed by atoms with Crippen LogP contribution in [0.1, 0.15) is 39.6 Å². The van der Waals surface area contributed by atoms with E-state index in [4.69, 9.17) is 9.47 Å². The number of ketones is 1. The maximum Gasteiger partial charge on any atom is 0.347 e. The van der Waals surface area contributed by atoms with Gasteiger partial charge in [-0.15, -0.1) is 0 Å². The van der Waals surface area contributed by atoms with Crippen molar-refractivity contribution in [3.05, 3.63) is 101 Å². The number of carbonyl (C=O) groups excluding carboxylic acids is 2. The molecule has 0 radical (unpaired) electrons. The Hall–Kier alpha value is -3.91. The van der Waals surface area contributed by atoms with E-state index in [1.54, 1.807) is 67.6 Å². The lowest BCUT2D eigenvalue weighted by Crippen LogP contribution is -2.39. The third-order valence-electron chi connectivity index (χ3n) is 5.36. The van der Waals surface area contributed by atoms with Crippen LogP contribution in [0.15, 0.2) is 89.5 Å². The SMILES string of the molecule is CCCN1C(C(=O)c2ccccc2)=C(OC(=O)c2ccccc2OC)c2ccccc2S1(=O)=O. The van der Waals surface area contributed by atoms with Crippen molar-refractivity contribution in [1.29, 1.82) is 0 Å². The number of para-hydroxylation sites is 1. The second-order valence-electron chi connectivity index (χ2n) is 7.54. The van der Waals surface area contributed by atoms with Crippen molar-refractivity contribution >= 4 is 27.5 Å². The number of benzene rings is 3. The van der Waals surface area contributed by atoms with Gasteiger partial charge in [-0.2, -0.15) is 0 Å². The minimum Gasteiger partial charge on any atom is -0.496 e. The van der Waals surface area contributed by atoms with Gasteiger partial charge in [0.15, 0.2) is 5.76 Å². The van der Waals surface area contributed by atoms with Crippen LogP contribution in [0.3, 0.4) is 0 Å². The number of hydrogen-bond acceptors (Lipinski definition) is 6. The molecule has 174 valence electrons. The third kappa shape index (κ3) is 4.08. The van der Waals surface area contributed by atoms with Crippen molar-refractivity contribution in [3.63, 3.8) is 0 Å². The Balaban J connectivity index is 1.96. The summed E-state index contributed by atoms with van der Waals surface area (Å²) >= 11 is 0. The number of hydrogen-bond donors (Lipinski definition) is 0. The molecule has 0 saturated carbocycles. The molecule has 0 amide bonds. The number of allylic oxidation sites excluding steroid dienone is 1. The van der Waals surface area contributed by atoms with Crippen LogP contribution in [-0.2, 0) is 14.8 Å². The van der Waals surface area contributed by atoms with Crippen molar-refractivity contribution < 1.29 is 27.5 Å². The van der Waals surface area contributed by atoms with Crippen LogP contribution < -0.4 is 4.74 Å². The van der Waals surface area contributed by atoms with Gasteiger partial charge in [-0.3, -0.25) is 9.10 Å². The summed E-state index contributed by atoms with van der Waals surface area (Å²) in [6.07, 6.45) is 0.445. The predicted molar refractivity (Wildman–Crippen MR) is 127 cm³/mol. The second-order valence-corrected chi connectivity index (χ2v) is 9.37. The summed E-state index contributed by atoms with van der Waals surface area (Å²) in [4.78, 5) is 26.8. The number of carbonyl (C=O) groups is 2. The number of nitrogens with zero attached hydrogens (tertiary/aromatic N) is 1. The van der Waals surface area contributed by atoms with E-state index < -0.39 is 21.8 Å². The number of ether oxygens (including phenoxy) is 2. The van der Waals surface area contributed by atoms with E-state index in [-0.39, 0.29) is 39.6 Å². The Morgan fingerprint density at radius 3 is 2.24 bits per heavy atom. The topological polar surface area (TPSA) is 90.0 Å². The van der Waals surface area contributed by atoms with Gasteiger partial charge in [-0.25, -0.2) is 13.2 Å². The van der Waals surface area contributed by atoms with Crippen molar-refractivity contribution in [2.75, 3.05) is 13.7 Å². The molecule has 7 nitrogen and oxygen atoms in total. The highest BCUT2D eigenvalue weighted by molar-refractivity contribution is 7.89. The number of fused-ring (bicyclic) bond motifs is 1. The van der Waals surface area contributed by atoms with E-state index in [0.29, 0.717) is 12.2 Å². The first-order valence-electron chi connectivity index (χ1n) is 10.7. The summed E-state index contributed by atoms with van der Waals surface area (Å²) in [7, 11) is -2.62. The lowest BCUT2D eigenvalue weighted by Gasteiger charge is -2.32. The quantitative estimate of drug-likeness (QED) is 0.367. The molecule has 4 rings (SSSR count). The summed E-state index contributed by atoms with van der Waals surface area (Å²) in [5.41, 5.74) is 0.378. The molecule has 0 atom stereocenters. The monoisotopic (exact) mass is 477 g/mol.